The summed E-state index contributed by atoms with van der Waals surface area (Å²) in [6.45, 7) is 1.44. The smallest absolute Gasteiger partial charge is 0.335 e. The van der Waals surface area contributed by atoms with Crippen molar-refractivity contribution in [1.82, 2.24) is 19.3 Å². The molecule has 9 nitrogen and oxygen atoms in total. The molecule has 0 radical (unpaired) electrons. The monoisotopic (exact) mass is 562 g/mol. The lowest BCUT2D eigenvalue weighted by Crippen LogP contribution is -2.43. The fourth-order valence-corrected chi connectivity index (χ4v) is 8.38. The molecular formula is C30H34N4O5S. The van der Waals surface area contributed by atoms with Gasteiger partial charge < -0.3 is 14.8 Å². The lowest BCUT2D eigenvalue weighted by atomic mass is 9.78. The largest absolute Gasteiger partial charge is 0.493 e. The second kappa shape index (κ2) is 11.2. The number of aromatic nitrogens is 3. The fraction of sp³-hybridized carbons (Fsp3) is 0.433. The molecule has 4 heterocycles. The summed E-state index contributed by atoms with van der Waals surface area (Å²) < 4.78 is 34.4. The molecule has 1 atom stereocenters. The van der Waals surface area contributed by atoms with E-state index in [9.17, 15) is 13.2 Å². The molecule has 0 bridgehead atoms. The SMILES string of the molecule is O=C(O)c1ccc(OCC2CCCN(S(=O)(=O)CC3CCC(c4cc[nH]c5cnc6nccc6c45)CC3)C2)cc1. The van der Waals surface area contributed by atoms with Gasteiger partial charge >= 0.3 is 5.97 Å². The van der Waals surface area contributed by atoms with Crippen LogP contribution in [0.25, 0.3) is 21.9 Å². The Morgan fingerprint density at radius 1 is 1.02 bits per heavy atom. The first-order chi connectivity index (χ1) is 19.4. The fourth-order valence-electron chi connectivity index (χ4n) is 6.39. The van der Waals surface area contributed by atoms with Crippen LogP contribution in [0.3, 0.4) is 0 Å². The molecule has 6 rings (SSSR count). The minimum absolute atomic E-state index is 0.110. The Morgan fingerprint density at radius 3 is 2.60 bits per heavy atom. The van der Waals surface area contributed by atoms with Crippen LogP contribution in [-0.2, 0) is 10.0 Å². The number of pyridine rings is 2. The second-order valence-corrected chi connectivity index (χ2v) is 13.2. The molecule has 1 aliphatic carbocycles. The van der Waals surface area contributed by atoms with E-state index in [1.54, 1.807) is 22.6 Å². The number of benzene rings is 1. The zero-order valence-corrected chi connectivity index (χ0v) is 23.1. The van der Waals surface area contributed by atoms with Crippen LogP contribution in [0.5, 0.6) is 5.75 Å². The highest BCUT2D eigenvalue weighted by molar-refractivity contribution is 7.89. The summed E-state index contributed by atoms with van der Waals surface area (Å²) in [5.74, 6) is 0.478. The molecule has 1 saturated carbocycles. The first-order valence-corrected chi connectivity index (χ1v) is 15.6. The molecule has 1 aromatic carbocycles. The van der Waals surface area contributed by atoms with Gasteiger partial charge in [-0.05, 0) is 92.3 Å². The topological polar surface area (TPSA) is 125 Å². The van der Waals surface area contributed by atoms with E-state index in [2.05, 4.69) is 21.0 Å². The van der Waals surface area contributed by atoms with Gasteiger partial charge in [-0.15, -0.1) is 0 Å². The van der Waals surface area contributed by atoms with E-state index in [-0.39, 0.29) is 23.2 Å². The number of fused-ring (bicyclic) bond motifs is 3. The Morgan fingerprint density at radius 2 is 1.82 bits per heavy atom. The number of carboxylic acids is 1. The lowest BCUT2D eigenvalue weighted by Gasteiger charge is -2.34. The highest BCUT2D eigenvalue weighted by atomic mass is 32.2. The molecular weight excluding hydrogens is 528 g/mol. The van der Waals surface area contributed by atoms with Crippen molar-refractivity contribution >= 4 is 37.9 Å². The highest BCUT2D eigenvalue weighted by Crippen LogP contribution is 2.40. The predicted octanol–water partition coefficient (Wildman–Crippen LogP) is 5.20. The van der Waals surface area contributed by atoms with Gasteiger partial charge in [-0.25, -0.2) is 27.5 Å². The highest BCUT2D eigenvalue weighted by Gasteiger charge is 2.33. The number of rotatable bonds is 8. The summed E-state index contributed by atoms with van der Waals surface area (Å²) in [6.07, 6.45) is 11.1. The molecule has 210 valence electrons. The molecule has 40 heavy (non-hydrogen) atoms. The first kappa shape index (κ1) is 26.7. The zero-order valence-electron chi connectivity index (χ0n) is 22.3. The Balaban J connectivity index is 1.05. The number of piperidine rings is 1. The molecule has 2 N–H and O–H groups in total. The Bertz CT molecular complexity index is 1610. The zero-order chi connectivity index (χ0) is 27.7. The van der Waals surface area contributed by atoms with E-state index in [0.717, 1.165) is 55.1 Å². The number of sulfonamides is 1. The van der Waals surface area contributed by atoms with E-state index in [4.69, 9.17) is 9.84 Å². The van der Waals surface area contributed by atoms with E-state index in [0.29, 0.717) is 31.4 Å². The number of hydrogen-bond acceptors (Lipinski definition) is 6. The van der Waals surface area contributed by atoms with Crippen LogP contribution in [0.2, 0.25) is 0 Å². The van der Waals surface area contributed by atoms with E-state index >= 15 is 0 Å². The van der Waals surface area contributed by atoms with Gasteiger partial charge in [-0.3, -0.25) is 0 Å². The van der Waals surface area contributed by atoms with Crippen molar-refractivity contribution < 1.29 is 23.1 Å². The van der Waals surface area contributed by atoms with Crippen molar-refractivity contribution in [2.75, 3.05) is 25.4 Å². The maximum Gasteiger partial charge on any atom is 0.335 e. The van der Waals surface area contributed by atoms with E-state index in [1.807, 2.05) is 18.5 Å². The Hall–Kier alpha value is -3.50. The number of aromatic amines is 1. The number of hydrogen-bond donors (Lipinski definition) is 2. The van der Waals surface area contributed by atoms with Gasteiger partial charge in [0.1, 0.15) is 5.75 Å². The third-order valence-electron chi connectivity index (χ3n) is 8.52. The third-order valence-corrected chi connectivity index (χ3v) is 10.5. The van der Waals surface area contributed by atoms with Crippen LogP contribution < -0.4 is 4.74 Å². The number of nitrogens with zero attached hydrogens (tertiary/aromatic N) is 3. The maximum atomic E-state index is 13.4. The summed E-state index contributed by atoms with van der Waals surface area (Å²) in [6, 6.07) is 10.5. The van der Waals surface area contributed by atoms with Gasteiger partial charge in [0.15, 0.2) is 5.65 Å². The van der Waals surface area contributed by atoms with Gasteiger partial charge in [-0.1, -0.05) is 0 Å². The summed E-state index contributed by atoms with van der Waals surface area (Å²) in [7, 11) is -3.36. The quantitative estimate of drug-likeness (QED) is 0.302. The number of carboxylic acid groups (broad SMARTS) is 1. The summed E-state index contributed by atoms with van der Waals surface area (Å²) in [5, 5.41) is 11.3. The minimum atomic E-state index is -3.36. The van der Waals surface area contributed by atoms with Gasteiger partial charge in [0.2, 0.25) is 10.0 Å². The molecule has 10 heteroatoms. The minimum Gasteiger partial charge on any atom is -0.493 e. The number of carbonyl (C=O) groups is 1. The molecule has 3 aromatic heterocycles. The third kappa shape index (κ3) is 5.55. The average molecular weight is 563 g/mol. The predicted molar refractivity (Wildman–Crippen MR) is 153 cm³/mol. The standard InChI is InChI=1S/C30H34N4O5S/c35-30(36)23-7-9-24(10-8-23)39-18-21-2-1-15-34(17-21)40(37,38)19-20-3-5-22(6-4-20)25-11-13-31-27-16-33-29-26(28(25)27)12-14-32-29/h7-14,16,20-22,31H,1-6,15,17-19H2,(H,35,36). The number of nitrogens with one attached hydrogen (secondary N) is 1. The van der Waals surface area contributed by atoms with E-state index in [1.165, 1.54) is 23.1 Å². The van der Waals surface area contributed by atoms with Crippen LogP contribution in [-0.4, -0.2) is 64.2 Å². The van der Waals surface area contributed by atoms with Gasteiger partial charge in [0, 0.05) is 42.2 Å². The second-order valence-electron chi connectivity index (χ2n) is 11.2. The molecule has 1 saturated heterocycles. The van der Waals surface area contributed by atoms with Crippen molar-refractivity contribution in [1.29, 1.82) is 0 Å². The van der Waals surface area contributed by atoms with Crippen LogP contribution >= 0.6 is 0 Å². The van der Waals surface area contributed by atoms with Gasteiger partial charge in [0.25, 0.3) is 0 Å². The molecule has 2 fully saturated rings. The van der Waals surface area contributed by atoms with Crippen molar-refractivity contribution in [3.05, 3.63) is 66.1 Å². The van der Waals surface area contributed by atoms with Crippen LogP contribution in [0.1, 0.15) is 60.4 Å². The van der Waals surface area contributed by atoms with Crippen LogP contribution in [0, 0.1) is 11.8 Å². The summed E-state index contributed by atoms with van der Waals surface area (Å²) >= 11 is 0. The first-order valence-electron chi connectivity index (χ1n) is 14.0. The van der Waals surface area contributed by atoms with E-state index < -0.39 is 16.0 Å². The van der Waals surface area contributed by atoms with Crippen LogP contribution in [0.15, 0.2) is 55.0 Å². The van der Waals surface area contributed by atoms with Crippen molar-refractivity contribution in [3.63, 3.8) is 0 Å². The number of ether oxygens (including phenoxy) is 1. The van der Waals surface area contributed by atoms with Gasteiger partial charge in [-0.2, -0.15) is 0 Å². The average Bonchev–Trinajstić information content (AvgIpc) is 3.46. The van der Waals surface area contributed by atoms with Crippen molar-refractivity contribution in [3.8, 4) is 5.75 Å². The van der Waals surface area contributed by atoms with Crippen molar-refractivity contribution in [2.24, 2.45) is 11.8 Å². The molecule has 0 amide bonds. The Labute approximate surface area is 233 Å². The number of aromatic carboxylic acids is 1. The molecule has 0 spiro atoms. The molecule has 1 aliphatic heterocycles. The number of H-pyrrole nitrogens is 1. The summed E-state index contributed by atoms with van der Waals surface area (Å²) in [4.78, 5) is 23.2. The molecule has 2 aliphatic rings. The lowest BCUT2D eigenvalue weighted by molar-refractivity contribution is 0.0697. The molecule has 1 unspecified atom stereocenters. The van der Waals surface area contributed by atoms with Crippen molar-refractivity contribution in [2.45, 2.75) is 44.4 Å². The molecule has 4 aromatic rings. The Kier molecular flexibility index (Phi) is 7.46. The van der Waals surface area contributed by atoms with Crippen LogP contribution in [0.4, 0.5) is 0 Å². The summed E-state index contributed by atoms with van der Waals surface area (Å²) in [5.41, 5.74) is 3.27. The normalized spacial score (nSPS) is 22.4. The maximum absolute atomic E-state index is 13.4. The van der Waals surface area contributed by atoms with Gasteiger partial charge in [0.05, 0.1) is 29.6 Å².